The van der Waals surface area contributed by atoms with Crippen LogP contribution in [0.1, 0.15) is 26.7 Å². The standard InChI is InChI=1S/C26H26N4O3S2/c1-5-6-14-29-24(32)22(26-28(3)19-15-18(33-4)12-13-20(19)34-26)35-25(29)21-16(2)27-30(23(21)31)17-10-8-7-9-11-17/h7-13,15H,5-6,14H2,1-4H3. The van der Waals surface area contributed by atoms with Crippen molar-refractivity contribution in [3.63, 3.8) is 0 Å². The fraction of sp³-hybridized carbons (Fsp3) is 0.269. The number of fused-ring (bicyclic) bond motifs is 1. The van der Waals surface area contributed by atoms with Crippen LogP contribution in [0.15, 0.2) is 63.3 Å². The molecule has 3 heterocycles. The van der Waals surface area contributed by atoms with Crippen molar-refractivity contribution in [1.29, 1.82) is 0 Å². The number of ether oxygens (including phenoxy) is 1. The van der Waals surface area contributed by atoms with E-state index in [9.17, 15) is 9.59 Å². The summed E-state index contributed by atoms with van der Waals surface area (Å²) in [6.07, 6.45) is 1.79. The summed E-state index contributed by atoms with van der Waals surface area (Å²) in [6, 6.07) is 15.3. The highest BCUT2D eigenvalue weighted by molar-refractivity contribution is 8.08. The molecular weight excluding hydrogens is 480 g/mol. The molecule has 2 aliphatic heterocycles. The number of benzene rings is 2. The minimum atomic E-state index is -0.211. The van der Waals surface area contributed by atoms with E-state index in [2.05, 4.69) is 12.0 Å². The van der Waals surface area contributed by atoms with Crippen molar-refractivity contribution in [2.45, 2.75) is 38.1 Å². The number of methoxy groups -OCH3 is 1. The Kier molecular flexibility index (Phi) is 6.29. The predicted octanol–water partition coefficient (Wildman–Crippen LogP) is 3.60. The Morgan fingerprint density at radius 1 is 1.09 bits per heavy atom. The van der Waals surface area contributed by atoms with E-state index in [-0.39, 0.29) is 11.5 Å². The molecule has 0 fully saturated rings. The molecule has 0 N–H and O–H groups in total. The highest BCUT2D eigenvalue weighted by Gasteiger charge is 2.32. The van der Waals surface area contributed by atoms with Gasteiger partial charge in [0.15, 0.2) is 0 Å². The minimum Gasteiger partial charge on any atom is -0.497 e. The molecule has 0 bridgehead atoms. The summed E-state index contributed by atoms with van der Waals surface area (Å²) in [5.41, 5.74) is 2.73. The van der Waals surface area contributed by atoms with Crippen molar-refractivity contribution in [2.24, 2.45) is 5.10 Å². The maximum Gasteiger partial charge on any atom is 0.283 e. The molecule has 2 aliphatic rings. The lowest BCUT2D eigenvalue weighted by molar-refractivity contribution is -0.112. The molecule has 35 heavy (non-hydrogen) atoms. The number of anilines is 2. The van der Waals surface area contributed by atoms with Crippen LogP contribution in [0.25, 0.3) is 10.6 Å². The number of thioether (sulfide) groups is 1. The van der Waals surface area contributed by atoms with Crippen molar-refractivity contribution in [3.05, 3.63) is 68.1 Å². The zero-order valence-corrected chi connectivity index (χ0v) is 21.7. The predicted molar refractivity (Wildman–Crippen MR) is 144 cm³/mol. The number of hydrogen-bond donors (Lipinski definition) is 0. The third kappa shape index (κ3) is 3.98. The Morgan fingerprint density at radius 2 is 1.86 bits per heavy atom. The van der Waals surface area contributed by atoms with Crippen LogP contribution in [-0.2, 0) is 11.3 Å². The van der Waals surface area contributed by atoms with Gasteiger partial charge in [0.05, 0.1) is 29.8 Å². The Bertz CT molecular complexity index is 1520. The van der Waals surface area contributed by atoms with Crippen LogP contribution < -0.4 is 29.4 Å². The van der Waals surface area contributed by atoms with Crippen LogP contribution in [0, 0.1) is 0 Å². The summed E-state index contributed by atoms with van der Waals surface area (Å²) in [7, 11) is 3.60. The lowest BCUT2D eigenvalue weighted by Crippen LogP contribution is -2.35. The number of hydrogen-bond acceptors (Lipinski definition) is 7. The van der Waals surface area contributed by atoms with Gasteiger partial charge in [0.2, 0.25) is 0 Å². The fourth-order valence-corrected chi connectivity index (χ4v) is 6.75. The van der Waals surface area contributed by atoms with Crippen molar-refractivity contribution in [1.82, 2.24) is 4.57 Å². The van der Waals surface area contributed by atoms with Gasteiger partial charge in [-0.1, -0.05) is 43.3 Å². The van der Waals surface area contributed by atoms with Gasteiger partial charge in [-0.05, 0) is 37.6 Å². The molecule has 5 rings (SSSR count). The smallest absolute Gasteiger partial charge is 0.283 e. The van der Waals surface area contributed by atoms with Crippen LogP contribution in [0.3, 0.4) is 0 Å². The highest BCUT2D eigenvalue weighted by atomic mass is 32.2. The first-order chi connectivity index (χ1) is 16.9. The number of rotatable bonds is 5. The second-order valence-electron chi connectivity index (χ2n) is 8.36. The van der Waals surface area contributed by atoms with Gasteiger partial charge in [0.25, 0.3) is 11.5 Å². The van der Waals surface area contributed by atoms with E-state index in [0.717, 1.165) is 34.2 Å². The lowest BCUT2D eigenvalue weighted by atomic mass is 10.2. The largest absolute Gasteiger partial charge is 0.497 e. The van der Waals surface area contributed by atoms with Crippen molar-refractivity contribution in [3.8, 4) is 5.75 Å². The lowest BCUT2D eigenvalue weighted by Gasteiger charge is -2.13. The van der Waals surface area contributed by atoms with Gasteiger partial charge in [-0.25, -0.2) is 0 Å². The summed E-state index contributed by atoms with van der Waals surface area (Å²) in [5, 5.41) is 6.82. The van der Waals surface area contributed by atoms with Gasteiger partial charge < -0.3 is 9.64 Å². The Balaban J connectivity index is 1.71. The van der Waals surface area contributed by atoms with E-state index in [1.54, 1.807) is 23.4 Å². The SMILES string of the molecule is CCCCn1c(=C2C(=O)N(c3ccccc3)N=C2C)sc(=C2Sc3ccc(OC)cc3N2C)c1=O. The number of hydrazone groups is 1. The van der Waals surface area contributed by atoms with Gasteiger partial charge in [0, 0.05) is 24.6 Å². The Labute approximate surface area is 211 Å². The van der Waals surface area contributed by atoms with E-state index in [4.69, 9.17) is 4.74 Å². The molecule has 180 valence electrons. The number of unbranched alkanes of at least 4 members (excludes halogenated alkanes) is 1. The number of thiazole rings is 1. The first-order valence-electron chi connectivity index (χ1n) is 11.5. The summed E-state index contributed by atoms with van der Waals surface area (Å²) >= 11 is 2.94. The number of carbonyl (C=O) groups is 1. The third-order valence-corrected chi connectivity index (χ3v) is 8.64. The monoisotopic (exact) mass is 506 g/mol. The van der Waals surface area contributed by atoms with E-state index >= 15 is 0 Å². The van der Waals surface area contributed by atoms with E-state index < -0.39 is 0 Å². The normalized spacial score (nSPS) is 18.3. The van der Waals surface area contributed by atoms with Crippen LogP contribution in [-0.4, -0.2) is 30.3 Å². The summed E-state index contributed by atoms with van der Waals surface area (Å²) in [4.78, 5) is 30.4. The van der Waals surface area contributed by atoms with Crippen LogP contribution >= 0.6 is 23.1 Å². The average molecular weight is 507 g/mol. The second-order valence-corrected chi connectivity index (χ2v) is 10.4. The molecule has 3 aromatic rings. The topological polar surface area (TPSA) is 67.1 Å². The van der Waals surface area contributed by atoms with Crippen LogP contribution in [0.5, 0.6) is 5.75 Å². The molecule has 0 spiro atoms. The zero-order chi connectivity index (χ0) is 24.7. The van der Waals surface area contributed by atoms with Gasteiger partial charge >= 0.3 is 0 Å². The number of amides is 1. The molecular formula is C26H26N4O3S2. The molecule has 0 saturated heterocycles. The molecule has 0 unspecified atom stereocenters. The maximum absolute atomic E-state index is 13.7. The first-order valence-corrected chi connectivity index (χ1v) is 13.1. The summed E-state index contributed by atoms with van der Waals surface area (Å²) in [5.74, 6) is 0.557. The molecule has 0 aliphatic carbocycles. The fourth-order valence-electron chi connectivity index (χ4n) is 4.20. The molecule has 7 nitrogen and oxygen atoms in total. The molecule has 0 atom stereocenters. The molecule has 2 aromatic carbocycles. The average Bonchev–Trinajstić information content (AvgIpc) is 3.48. The molecule has 0 radical (unpaired) electrons. The molecule has 9 heteroatoms. The maximum atomic E-state index is 13.7. The van der Waals surface area contributed by atoms with E-state index in [1.807, 2.05) is 67.4 Å². The summed E-state index contributed by atoms with van der Waals surface area (Å²) in [6.45, 7) is 4.48. The molecule has 0 saturated carbocycles. The number of aromatic nitrogens is 1. The van der Waals surface area contributed by atoms with Gasteiger partial charge in [0.1, 0.15) is 20.0 Å². The van der Waals surface area contributed by atoms with Gasteiger partial charge in [-0.15, -0.1) is 11.3 Å². The van der Waals surface area contributed by atoms with Crippen molar-refractivity contribution in [2.75, 3.05) is 24.1 Å². The first kappa shape index (κ1) is 23.4. The number of para-hydroxylation sites is 1. The number of carbonyl (C=O) groups excluding carboxylic acids is 1. The van der Waals surface area contributed by atoms with Crippen LogP contribution in [0.2, 0.25) is 0 Å². The van der Waals surface area contributed by atoms with Gasteiger partial charge in [-0.3, -0.25) is 14.2 Å². The Hall–Kier alpha value is -3.30. The number of nitrogens with zero attached hydrogens (tertiary/aromatic N) is 4. The van der Waals surface area contributed by atoms with E-state index in [1.165, 1.54) is 16.3 Å². The minimum absolute atomic E-state index is 0.0705. The Morgan fingerprint density at radius 3 is 2.57 bits per heavy atom. The molecule has 1 amide bonds. The van der Waals surface area contributed by atoms with E-state index in [0.29, 0.717) is 32.7 Å². The zero-order valence-electron chi connectivity index (χ0n) is 20.1. The third-order valence-electron chi connectivity index (χ3n) is 6.08. The van der Waals surface area contributed by atoms with Gasteiger partial charge in [-0.2, -0.15) is 10.1 Å². The quantitative estimate of drug-likeness (QED) is 0.529. The van der Waals surface area contributed by atoms with Crippen molar-refractivity contribution >= 4 is 56.7 Å². The van der Waals surface area contributed by atoms with Crippen LogP contribution in [0.4, 0.5) is 11.4 Å². The molecule has 1 aromatic heterocycles. The second kappa shape index (κ2) is 9.39. The summed E-state index contributed by atoms with van der Waals surface area (Å²) < 4.78 is 8.44. The highest BCUT2D eigenvalue weighted by Crippen LogP contribution is 2.46. The van der Waals surface area contributed by atoms with Crippen molar-refractivity contribution < 1.29 is 9.53 Å².